The monoisotopic (exact) mass is 378 g/mol. The van der Waals surface area contributed by atoms with E-state index in [1.54, 1.807) is 12.1 Å². The number of hydrogen-bond acceptors (Lipinski definition) is 7. The van der Waals surface area contributed by atoms with Crippen LogP contribution >= 0.6 is 0 Å². The van der Waals surface area contributed by atoms with Gasteiger partial charge in [-0.05, 0) is 50.2 Å². The van der Waals surface area contributed by atoms with E-state index in [9.17, 15) is 4.79 Å². The van der Waals surface area contributed by atoms with E-state index >= 15 is 0 Å². The van der Waals surface area contributed by atoms with Crippen LogP contribution in [-0.2, 0) is 24.0 Å². The quantitative estimate of drug-likeness (QED) is 0.574. The number of hydrogen-bond donors (Lipinski definition) is 0. The molecule has 7 heteroatoms. The van der Waals surface area contributed by atoms with Gasteiger partial charge in [0.05, 0.1) is 6.26 Å². The smallest absolute Gasteiger partial charge is 0.376 e. The molecule has 5 fully saturated rings. The Hall–Kier alpha value is -1.41. The first-order chi connectivity index (χ1) is 12.9. The van der Waals surface area contributed by atoms with Crippen molar-refractivity contribution in [1.82, 2.24) is 0 Å². The summed E-state index contributed by atoms with van der Waals surface area (Å²) in [7, 11) is 0. The second kappa shape index (κ2) is 6.04. The highest BCUT2D eigenvalue weighted by atomic mass is 17.3. The molecule has 27 heavy (non-hydrogen) atoms. The molecule has 8 atom stereocenters. The molecule has 1 spiro atoms. The van der Waals surface area contributed by atoms with Crippen molar-refractivity contribution in [3.63, 3.8) is 0 Å². The van der Waals surface area contributed by atoms with Crippen molar-refractivity contribution in [2.75, 3.05) is 0 Å². The molecule has 0 amide bonds. The minimum atomic E-state index is -0.840. The number of fused-ring (bicyclic) bond motifs is 2. The summed E-state index contributed by atoms with van der Waals surface area (Å²) < 4.78 is 23.3. The molecule has 5 aliphatic rings. The summed E-state index contributed by atoms with van der Waals surface area (Å²) in [5.74, 6) is -0.358. The van der Waals surface area contributed by atoms with Crippen LogP contribution in [0.3, 0.4) is 0 Å². The fraction of sp³-hybridized carbons (Fsp3) is 0.750. The van der Waals surface area contributed by atoms with Gasteiger partial charge in [0, 0.05) is 18.3 Å². The highest BCUT2D eigenvalue weighted by Crippen LogP contribution is 2.60. The Bertz CT molecular complexity index is 718. The number of ether oxygens (including phenoxy) is 3. The van der Waals surface area contributed by atoms with E-state index in [0.29, 0.717) is 5.92 Å². The lowest BCUT2D eigenvalue weighted by atomic mass is 9.58. The molecular formula is C20H26O7. The van der Waals surface area contributed by atoms with E-state index in [0.717, 1.165) is 25.7 Å². The number of furan rings is 1. The maximum absolute atomic E-state index is 12.4. The van der Waals surface area contributed by atoms with Crippen LogP contribution in [0, 0.1) is 23.7 Å². The zero-order chi connectivity index (χ0) is 18.8. The first kappa shape index (κ1) is 17.7. The van der Waals surface area contributed by atoms with Crippen LogP contribution in [0.5, 0.6) is 0 Å². The Morgan fingerprint density at radius 3 is 2.81 bits per heavy atom. The summed E-state index contributed by atoms with van der Waals surface area (Å²) in [5.41, 5.74) is -0.652. The number of carbonyl (C=O) groups excluding carboxylic acids is 1. The van der Waals surface area contributed by atoms with E-state index in [4.69, 9.17) is 28.4 Å². The van der Waals surface area contributed by atoms with Crippen molar-refractivity contribution in [3.05, 3.63) is 24.2 Å². The molecule has 0 N–H and O–H groups in total. The normalized spacial score (nSPS) is 48.6. The summed E-state index contributed by atoms with van der Waals surface area (Å²) in [6, 6.07) is 3.24. The molecule has 6 rings (SSSR count). The highest BCUT2D eigenvalue weighted by Gasteiger charge is 2.69. The molecule has 0 unspecified atom stereocenters. The van der Waals surface area contributed by atoms with E-state index in [1.165, 1.54) is 6.26 Å². The van der Waals surface area contributed by atoms with Crippen LogP contribution in [0.2, 0.25) is 0 Å². The maximum atomic E-state index is 12.4. The Balaban J connectivity index is 1.47. The minimum absolute atomic E-state index is 0.0511. The first-order valence-corrected chi connectivity index (χ1v) is 9.87. The maximum Gasteiger partial charge on any atom is 0.376 e. The predicted octanol–water partition coefficient (Wildman–Crippen LogP) is 3.64. The molecular weight excluding hydrogens is 352 g/mol. The first-order valence-electron chi connectivity index (χ1n) is 9.87. The standard InChI is InChI=1S/C20H26O7/c1-11-6-7-14-12(2)17(23-16(21)15-5-4-10-22-15)24-18-20(14)13(11)8-9-19(3,25-18)26-27-20/h4-5,10-14,17-18H,6-9H2,1-3H3/t11-,12-,13-,14-,17+,18-,19-,20-/m1/s1. The second-order valence-corrected chi connectivity index (χ2v) is 8.66. The number of carbonyl (C=O) groups is 1. The van der Waals surface area contributed by atoms with Gasteiger partial charge in [0.25, 0.3) is 0 Å². The van der Waals surface area contributed by atoms with Crippen LogP contribution in [-0.4, -0.2) is 29.9 Å². The molecule has 0 aromatic carbocycles. The number of rotatable bonds is 2. The molecule has 4 aliphatic heterocycles. The molecule has 2 bridgehead atoms. The molecule has 1 aromatic heterocycles. The van der Waals surface area contributed by atoms with E-state index in [-0.39, 0.29) is 23.5 Å². The van der Waals surface area contributed by atoms with Gasteiger partial charge in [-0.2, -0.15) is 0 Å². The lowest BCUT2D eigenvalue weighted by molar-refractivity contribution is -0.576. The average Bonchev–Trinajstić information content (AvgIpc) is 3.09. The molecule has 1 aliphatic carbocycles. The third-order valence-electron chi connectivity index (χ3n) is 7.04. The Morgan fingerprint density at radius 1 is 1.19 bits per heavy atom. The fourth-order valence-electron chi connectivity index (χ4n) is 5.56. The van der Waals surface area contributed by atoms with Crippen molar-refractivity contribution >= 4 is 5.97 Å². The van der Waals surface area contributed by atoms with Gasteiger partial charge in [0.2, 0.25) is 17.8 Å². The topological polar surface area (TPSA) is 76.4 Å². The summed E-state index contributed by atoms with van der Waals surface area (Å²) >= 11 is 0. The lowest BCUT2D eigenvalue weighted by Gasteiger charge is -2.59. The summed E-state index contributed by atoms with van der Waals surface area (Å²) in [5, 5.41) is 0. The average molecular weight is 378 g/mol. The summed E-state index contributed by atoms with van der Waals surface area (Å²) in [4.78, 5) is 24.3. The van der Waals surface area contributed by atoms with Gasteiger partial charge < -0.3 is 18.6 Å². The van der Waals surface area contributed by atoms with E-state index < -0.39 is 29.9 Å². The molecule has 4 saturated heterocycles. The number of esters is 1. The largest absolute Gasteiger partial charge is 0.457 e. The van der Waals surface area contributed by atoms with Gasteiger partial charge in [0.15, 0.2) is 11.9 Å². The molecule has 7 nitrogen and oxygen atoms in total. The molecule has 1 saturated carbocycles. The third kappa shape index (κ3) is 2.52. The van der Waals surface area contributed by atoms with E-state index in [1.807, 2.05) is 13.8 Å². The van der Waals surface area contributed by atoms with Crippen molar-refractivity contribution in [3.8, 4) is 0 Å². The molecule has 0 radical (unpaired) electrons. The van der Waals surface area contributed by atoms with Crippen molar-refractivity contribution < 1.29 is 33.2 Å². The van der Waals surface area contributed by atoms with Gasteiger partial charge in [-0.3, -0.25) is 0 Å². The molecule has 5 heterocycles. The van der Waals surface area contributed by atoms with Crippen LogP contribution in [0.15, 0.2) is 22.8 Å². The molecule has 148 valence electrons. The minimum Gasteiger partial charge on any atom is -0.457 e. The fourth-order valence-corrected chi connectivity index (χ4v) is 5.56. The van der Waals surface area contributed by atoms with Crippen molar-refractivity contribution in [2.45, 2.75) is 70.4 Å². The van der Waals surface area contributed by atoms with Crippen molar-refractivity contribution in [2.24, 2.45) is 23.7 Å². The van der Waals surface area contributed by atoms with Crippen LogP contribution in [0.25, 0.3) is 0 Å². The van der Waals surface area contributed by atoms with Gasteiger partial charge in [-0.25, -0.2) is 14.6 Å². The summed E-state index contributed by atoms with van der Waals surface area (Å²) in [6.45, 7) is 6.19. The van der Waals surface area contributed by atoms with Crippen LogP contribution in [0.4, 0.5) is 0 Å². The van der Waals surface area contributed by atoms with Gasteiger partial charge >= 0.3 is 5.97 Å². The van der Waals surface area contributed by atoms with E-state index in [2.05, 4.69) is 6.92 Å². The van der Waals surface area contributed by atoms with Crippen LogP contribution in [0.1, 0.15) is 57.0 Å². The zero-order valence-corrected chi connectivity index (χ0v) is 15.9. The Labute approximate surface area is 158 Å². The van der Waals surface area contributed by atoms with Gasteiger partial charge in [0.1, 0.15) is 0 Å². The second-order valence-electron chi connectivity index (χ2n) is 8.66. The highest BCUT2D eigenvalue weighted by molar-refractivity contribution is 5.86. The van der Waals surface area contributed by atoms with Gasteiger partial charge in [-0.15, -0.1) is 0 Å². The van der Waals surface area contributed by atoms with Crippen molar-refractivity contribution in [1.29, 1.82) is 0 Å². The SMILES string of the molecule is C[C@H]1[C@@H](OC(=O)c2ccco2)O[C@@H]2O[C@@]3(C)CC[C@@H]4[C@H](C)CC[C@H]1[C@@]24OO3. The summed E-state index contributed by atoms with van der Waals surface area (Å²) in [6.07, 6.45) is 3.89. The molecule has 1 aromatic rings. The van der Waals surface area contributed by atoms with Gasteiger partial charge in [-0.1, -0.05) is 13.8 Å². The lowest BCUT2D eigenvalue weighted by Crippen LogP contribution is -2.70. The Kier molecular flexibility index (Phi) is 3.95. The van der Waals surface area contributed by atoms with Crippen LogP contribution < -0.4 is 0 Å². The predicted molar refractivity (Wildman–Crippen MR) is 91.0 cm³/mol. The third-order valence-corrected chi connectivity index (χ3v) is 7.04. The zero-order valence-electron chi connectivity index (χ0n) is 15.9. The Morgan fingerprint density at radius 2 is 2.04 bits per heavy atom.